The zero-order chi connectivity index (χ0) is 18.7. The van der Waals surface area contributed by atoms with Gasteiger partial charge in [0.25, 0.3) is 0 Å². The Kier molecular flexibility index (Phi) is 4.69. The van der Waals surface area contributed by atoms with Gasteiger partial charge in [-0.25, -0.2) is 0 Å². The van der Waals surface area contributed by atoms with Crippen molar-refractivity contribution in [1.82, 2.24) is 0 Å². The predicted octanol–water partition coefficient (Wildman–Crippen LogP) is 5.41. The molecule has 0 amide bonds. The van der Waals surface area contributed by atoms with E-state index < -0.39 is 11.2 Å². The molecule has 27 heavy (non-hydrogen) atoms. The van der Waals surface area contributed by atoms with Gasteiger partial charge in [-0.05, 0) is 54.7 Å². The average molecular weight is 362 g/mol. The molecule has 2 heterocycles. The van der Waals surface area contributed by atoms with Gasteiger partial charge in [0.2, 0.25) is 0 Å². The van der Waals surface area contributed by atoms with Crippen molar-refractivity contribution in [3.63, 3.8) is 0 Å². The molecule has 2 unspecified atom stereocenters. The van der Waals surface area contributed by atoms with Gasteiger partial charge in [0.05, 0.1) is 12.5 Å². The molecule has 140 valence electrons. The van der Waals surface area contributed by atoms with Crippen molar-refractivity contribution in [1.29, 1.82) is 0 Å². The summed E-state index contributed by atoms with van der Waals surface area (Å²) in [7, 11) is 0. The molecule has 0 radical (unpaired) electrons. The molecular weight excluding hydrogens is 336 g/mol. The quantitative estimate of drug-likeness (QED) is 0.628. The molecule has 2 aromatic rings. The van der Waals surface area contributed by atoms with E-state index in [1.807, 2.05) is 18.2 Å². The second-order valence-corrected chi connectivity index (χ2v) is 7.26. The van der Waals surface area contributed by atoms with Crippen LogP contribution in [0.2, 0.25) is 0 Å². The minimum Gasteiger partial charge on any atom is -0.487 e. The fraction of sp³-hybridized carbons (Fsp3) is 0.333. The van der Waals surface area contributed by atoms with Crippen molar-refractivity contribution in [3.05, 3.63) is 90.4 Å². The van der Waals surface area contributed by atoms with E-state index in [0.29, 0.717) is 0 Å². The Labute approximate surface area is 161 Å². The van der Waals surface area contributed by atoms with Crippen molar-refractivity contribution in [3.8, 4) is 5.75 Å². The predicted molar refractivity (Wildman–Crippen MR) is 107 cm³/mol. The Balaban J connectivity index is 1.53. The molecule has 3 nitrogen and oxygen atoms in total. The van der Waals surface area contributed by atoms with E-state index in [1.54, 1.807) is 12.5 Å². The van der Waals surface area contributed by atoms with Crippen LogP contribution in [0.15, 0.2) is 79.3 Å². The van der Waals surface area contributed by atoms with Crippen molar-refractivity contribution in [2.75, 3.05) is 0 Å². The summed E-state index contributed by atoms with van der Waals surface area (Å²) in [4.78, 5) is 0. The van der Waals surface area contributed by atoms with Crippen LogP contribution < -0.4 is 4.74 Å². The minimum absolute atomic E-state index is 0.227. The van der Waals surface area contributed by atoms with Crippen LogP contribution in [0, 0.1) is 0 Å². The summed E-state index contributed by atoms with van der Waals surface area (Å²) in [5.41, 5.74) is 1.69. The summed E-state index contributed by atoms with van der Waals surface area (Å²) in [6.07, 6.45) is 10.0. The van der Waals surface area contributed by atoms with Crippen molar-refractivity contribution in [2.24, 2.45) is 0 Å². The number of hydrogen-bond donors (Lipinski definition) is 0. The highest BCUT2D eigenvalue weighted by atomic mass is 16.6. The highest BCUT2D eigenvalue weighted by Gasteiger charge is 2.56. The first kappa shape index (κ1) is 17.7. The molecule has 2 aliphatic rings. The van der Waals surface area contributed by atoms with Crippen LogP contribution in [0.4, 0.5) is 0 Å². The van der Waals surface area contributed by atoms with E-state index in [1.165, 1.54) is 11.1 Å². The summed E-state index contributed by atoms with van der Waals surface area (Å²) in [6, 6.07) is 18.8. The molecule has 0 spiro atoms. The average Bonchev–Trinajstić information content (AvgIpc) is 2.63. The summed E-state index contributed by atoms with van der Waals surface area (Å²) in [6.45, 7) is 4.24. The van der Waals surface area contributed by atoms with Gasteiger partial charge < -0.3 is 14.2 Å². The highest BCUT2D eigenvalue weighted by molar-refractivity contribution is 5.33. The van der Waals surface area contributed by atoms with Gasteiger partial charge in [-0.3, -0.25) is 0 Å². The Morgan fingerprint density at radius 1 is 0.778 bits per heavy atom. The van der Waals surface area contributed by atoms with E-state index in [0.717, 1.165) is 25.0 Å². The number of benzene rings is 2. The summed E-state index contributed by atoms with van der Waals surface area (Å²) >= 11 is 0. The van der Waals surface area contributed by atoms with Crippen LogP contribution in [-0.2, 0) is 15.9 Å². The van der Waals surface area contributed by atoms with Crippen LogP contribution in [0.25, 0.3) is 0 Å². The van der Waals surface area contributed by atoms with Gasteiger partial charge in [-0.2, -0.15) is 0 Å². The third-order valence-electron chi connectivity index (χ3n) is 5.70. The van der Waals surface area contributed by atoms with E-state index in [2.05, 4.69) is 62.4 Å². The Hall–Kier alpha value is -2.68. The molecule has 2 aliphatic heterocycles. The number of rotatable bonds is 8. The lowest BCUT2D eigenvalue weighted by Crippen LogP contribution is -2.62. The first-order chi connectivity index (χ1) is 13.2. The molecule has 0 fully saturated rings. The molecule has 0 saturated carbocycles. The number of ether oxygens (including phenoxy) is 3. The molecule has 0 aromatic heterocycles. The van der Waals surface area contributed by atoms with E-state index in [4.69, 9.17) is 14.2 Å². The maximum absolute atomic E-state index is 6.46. The van der Waals surface area contributed by atoms with E-state index in [-0.39, 0.29) is 6.10 Å². The van der Waals surface area contributed by atoms with Crippen molar-refractivity contribution < 1.29 is 14.2 Å². The summed E-state index contributed by atoms with van der Waals surface area (Å²) in [5, 5.41) is 0. The van der Waals surface area contributed by atoms with Crippen LogP contribution in [0.3, 0.4) is 0 Å². The molecule has 2 atom stereocenters. The lowest BCUT2D eigenvalue weighted by Gasteiger charge is -2.50. The summed E-state index contributed by atoms with van der Waals surface area (Å²) in [5.74, 6) is 0.838. The fourth-order valence-corrected chi connectivity index (χ4v) is 3.82. The SMILES string of the molecule is CCC1(C(Oc2ccc(Cc3ccccc3)cc2)C2(CC)C=CO2)C=CO1. The van der Waals surface area contributed by atoms with Crippen LogP contribution in [0.5, 0.6) is 5.75 Å². The zero-order valence-electron chi connectivity index (χ0n) is 15.9. The van der Waals surface area contributed by atoms with E-state index in [9.17, 15) is 0 Å². The smallest absolute Gasteiger partial charge is 0.185 e. The summed E-state index contributed by atoms with van der Waals surface area (Å²) < 4.78 is 18.2. The monoisotopic (exact) mass is 362 g/mol. The van der Waals surface area contributed by atoms with Gasteiger partial charge in [0, 0.05) is 0 Å². The fourth-order valence-electron chi connectivity index (χ4n) is 3.82. The van der Waals surface area contributed by atoms with Gasteiger partial charge in [-0.15, -0.1) is 0 Å². The lowest BCUT2D eigenvalue weighted by atomic mass is 9.76. The Morgan fingerprint density at radius 2 is 1.30 bits per heavy atom. The van der Waals surface area contributed by atoms with Crippen molar-refractivity contribution in [2.45, 2.75) is 50.4 Å². The van der Waals surface area contributed by atoms with Gasteiger partial charge in [0.1, 0.15) is 5.75 Å². The molecule has 0 bridgehead atoms. The standard InChI is InChI=1S/C24H26O3/c1-3-23(14-16-25-23)22(24(4-2)15-17-26-24)27-21-12-10-20(11-13-21)18-19-8-6-5-7-9-19/h5-17,22H,3-4,18H2,1-2H3. The third kappa shape index (κ3) is 3.23. The minimum atomic E-state index is -0.441. The van der Waals surface area contributed by atoms with Crippen LogP contribution in [-0.4, -0.2) is 17.3 Å². The third-order valence-corrected chi connectivity index (χ3v) is 5.70. The van der Waals surface area contributed by atoms with Gasteiger partial charge in [0.15, 0.2) is 17.3 Å². The van der Waals surface area contributed by atoms with Crippen LogP contribution in [0.1, 0.15) is 37.8 Å². The van der Waals surface area contributed by atoms with Crippen LogP contribution >= 0.6 is 0 Å². The number of hydrogen-bond acceptors (Lipinski definition) is 3. The van der Waals surface area contributed by atoms with Crippen molar-refractivity contribution >= 4 is 0 Å². The molecule has 3 heteroatoms. The first-order valence-electron chi connectivity index (χ1n) is 9.70. The molecule has 4 rings (SSSR count). The molecule has 0 N–H and O–H groups in total. The normalized spacial score (nSPS) is 26.3. The highest BCUT2D eigenvalue weighted by Crippen LogP contribution is 2.44. The molecule has 2 aromatic carbocycles. The maximum atomic E-state index is 6.46. The van der Waals surface area contributed by atoms with E-state index >= 15 is 0 Å². The molecule has 0 saturated heterocycles. The largest absolute Gasteiger partial charge is 0.487 e. The topological polar surface area (TPSA) is 27.7 Å². The molecular formula is C24H26O3. The van der Waals surface area contributed by atoms with Gasteiger partial charge >= 0.3 is 0 Å². The molecule has 0 aliphatic carbocycles. The van der Waals surface area contributed by atoms with Gasteiger partial charge in [-0.1, -0.05) is 56.3 Å². The zero-order valence-corrected chi connectivity index (χ0v) is 15.9. The Bertz CT molecular complexity index is 796. The first-order valence-corrected chi connectivity index (χ1v) is 9.70. The lowest BCUT2D eigenvalue weighted by molar-refractivity contribution is -0.161. The maximum Gasteiger partial charge on any atom is 0.185 e. The second kappa shape index (κ2) is 7.15. The Morgan fingerprint density at radius 3 is 1.74 bits per heavy atom. The second-order valence-electron chi connectivity index (χ2n) is 7.26.